The van der Waals surface area contributed by atoms with Crippen LogP contribution in [-0.2, 0) is 0 Å². The lowest BCUT2D eigenvalue weighted by Crippen LogP contribution is -2.13. The van der Waals surface area contributed by atoms with E-state index in [-0.39, 0.29) is 23.2 Å². The number of rotatable bonds is 6. The fourth-order valence-electron chi connectivity index (χ4n) is 3.80. The average Bonchev–Trinajstić information content (AvgIpc) is 3.71. The minimum Gasteiger partial charge on any atom is -0.397 e. The number of anilines is 4. The molecule has 0 aliphatic heterocycles. The van der Waals surface area contributed by atoms with Gasteiger partial charge in [0.05, 0.1) is 32.2 Å². The highest BCUT2D eigenvalue weighted by molar-refractivity contribution is 7.40. The minimum absolute atomic E-state index is 0.246. The molecule has 0 aliphatic rings. The van der Waals surface area contributed by atoms with E-state index in [0.717, 1.165) is 22.5 Å². The van der Waals surface area contributed by atoms with Gasteiger partial charge >= 0.3 is 0 Å². The molecule has 0 atom stereocenters. The van der Waals surface area contributed by atoms with Crippen molar-refractivity contribution in [2.24, 2.45) is 0 Å². The number of hydrogen-bond acceptors (Lipinski definition) is 10. The first-order chi connectivity index (χ1) is 18.5. The quantitative estimate of drug-likeness (QED) is 0.171. The maximum absolute atomic E-state index is 13.0. The number of thiazole rings is 2. The van der Waals surface area contributed by atoms with Crippen LogP contribution in [0.5, 0.6) is 0 Å². The van der Waals surface area contributed by atoms with Crippen LogP contribution in [0.4, 0.5) is 21.6 Å². The van der Waals surface area contributed by atoms with Crippen molar-refractivity contribution in [3.8, 4) is 22.5 Å². The van der Waals surface area contributed by atoms with Crippen molar-refractivity contribution < 1.29 is 9.59 Å². The Morgan fingerprint density at radius 1 is 0.658 bits per heavy atom. The topological polar surface area (TPSA) is 136 Å². The smallest absolute Gasteiger partial charge is 0.269 e. The number of amides is 2. The van der Waals surface area contributed by atoms with Crippen molar-refractivity contribution >= 4 is 88.2 Å². The second-order valence-electron chi connectivity index (χ2n) is 8.07. The molecule has 0 saturated carbocycles. The number of nitrogens with one attached hydrogen (secondary N) is 2. The Hall–Kier alpha value is -4.10. The van der Waals surface area contributed by atoms with Gasteiger partial charge in [-0.25, -0.2) is 9.97 Å². The Morgan fingerprint density at radius 3 is 1.47 bits per heavy atom. The van der Waals surface area contributed by atoms with Crippen LogP contribution < -0.4 is 22.1 Å². The van der Waals surface area contributed by atoms with Gasteiger partial charge in [0.25, 0.3) is 11.8 Å². The largest absolute Gasteiger partial charge is 0.397 e. The van der Waals surface area contributed by atoms with E-state index in [1.54, 1.807) is 0 Å². The van der Waals surface area contributed by atoms with E-state index in [2.05, 4.69) is 20.6 Å². The Balaban J connectivity index is 1.19. The molecule has 6 N–H and O–H groups in total. The molecule has 0 unspecified atom stereocenters. The van der Waals surface area contributed by atoms with Crippen LogP contribution in [0.3, 0.4) is 0 Å². The highest BCUT2D eigenvalue weighted by Gasteiger charge is 2.25. The van der Waals surface area contributed by atoms with Crippen molar-refractivity contribution in [1.29, 1.82) is 0 Å². The zero-order valence-corrected chi connectivity index (χ0v) is 22.7. The fraction of sp³-hybridized carbons (Fsp3) is 0. The SMILES string of the molecule is Nc1c(C(=O)Nc2nc(-c3ccccc3)cs2)sc2sc(C(=O)Nc3nc(-c4ccccc4)cs3)c(N)c12. The summed E-state index contributed by atoms with van der Waals surface area (Å²) in [5.41, 5.74) is 16.7. The first-order valence-corrected chi connectivity index (χ1v) is 14.6. The van der Waals surface area contributed by atoms with Gasteiger partial charge in [-0.15, -0.1) is 45.3 Å². The van der Waals surface area contributed by atoms with Crippen molar-refractivity contribution in [2.75, 3.05) is 22.1 Å². The van der Waals surface area contributed by atoms with E-state index in [9.17, 15) is 9.59 Å². The molecular weight excluding hydrogens is 557 g/mol. The number of carbonyl (C=O) groups is 2. The lowest BCUT2D eigenvalue weighted by molar-refractivity contribution is 0.102. The van der Waals surface area contributed by atoms with Crippen molar-refractivity contribution in [2.45, 2.75) is 0 Å². The van der Waals surface area contributed by atoms with Gasteiger partial charge in [0.2, 0.25) is 0 Å². The number of hydrogen-bond donors (Lipinski definition) is 4. The predicted molar refractivity (Wildman–Crippen MR) is 160 cm³/mol. The van der Waals surface area contributed by atoms with E-state index in [0.29, 0.717) is 29.4 Å². The third-order valence-corrected chi connectivity index (χ3v) is 9.64. The average molecular weight is 575 g/mol. The molecule has 6 aromatic rings. The van der Waals surface area contributed by atoms with Crippen molar-refractivity contribution in [3.05, 3.63) is 81.2 Å². The zero-order chi connectivity index (χ0) is 26.2. The normalized spacial score (nSPS) is 11.1. The zero-order valence-electron chi connectivity index (χ0n) is 19.4. The molecule has 4 heterocycles. The van der Waals surface area contributed by atoms with Crippen LogP contribution in [-0.4, -0.2) is 21.8 Å². The highest BCUT2D eigenvalue weighted by atomic mass is 32.2. The summed E-state index contributed by atoms with van der Waals surface area (Å²) >= 11 is 5.07. The third-order valence-electron chi connectivity index (χ3n) is 5.62. The molecule has 4 aromatic heterocycles. The Bertz CT molecular complexity index is 1660. The summed E-state index contributed by atoms with van der Waals surface area (Å²) in [5.74, 6) is -0.738. The molecule has 0 saturated heterocycles. The molecule has 2 amide bonds. The summed E-state index contributed by atoms with van der Waals surface area (Å²) in [6, 6.07) is 19.4. The van der Waals surface area contributed by atoms with Crippen LogP contribution >= 0.6 is 45.3 Å². The monoisotopic (exact) mass is 574 g/mol. The maximum atomic E-state index is 13.0. The van der Waals surface area contributed by atoms with Crippen LogP contribution in [0, 0.1) is 0 Å². The lowest BCUT2D eigenvalue weighted by Gasteiger charge is -2.03. The van der Waals surface area contributed by atoms with E-state index in [1.165, 1.54) is 45.3 Å². The Morgan fingerprint density at radius 2 is 1.08 bits per heavy atom. The summed E-state index contributed by atoms with van der Waals surface area (Å²) in [6.45, 7) is 0. The number of carbonyl (C=O) groups excluding carboxylic acids is 2. The molecule has 0 bridgehead atoms. The number of fused-ring (bicyclic) bond motifs is 1. The molecule has 38 heavy (non-hydrogen) atoms. The van der Waals surface area contributed by atoms with Crippen molar-refractivity contribution in [1.82, 2.24) is 9.97 Å². The molecule has 12 heteroatoms. The van der Waals surface area contributed by atoms with Crippen molar-refractivity contribution in [3.63, 3.8) is 0 Å². The highest BCUT2D eigenvalue weighted by Crippen LogP contribution is 2.45. The van der Waals surface area contributed by atoms with Gasteiger partial charge in [0, 0.05) is 21.9 Å². The molecule has 0 fully saturated rings. The molecule has 0 radical (unpaired) electrons. The van der Waals surface area contributed by atoms with E-state index in [1.807, 2.05) is 71.4 Å². The minimum atomic E-state index is -0.369. The number of nitrogens with zero attached hydrogens (tertiary/aromatic N) is 2. The molecule has 188 valence electrons. The number of nitrogens with two attached hydrogens (primary N) is 2. The van der Waals surface area contributed by atoms with Gasteiger partial charge in [-0.05, 0) is 0 Å². The Kier molecular flexibility index (Phi) is 6.37. The third kappa shape index (κ3) is 4.54. The summed E-state index contributed by atoms with van der Waals surface area (Å²) in [5, 5.41) is 10.9. The van der Waals surface area contributed by atoms with E-state index < -0.39 is 0 Å². The van der Waals surface area contributed by atoms with Gasteiger partial charge in [-0.2, -0.15) is 0 Å². The number of benzene rings is 2. The summed E-state index contributed by atoms with van der Waals surface area (Å²) in [4.78, 5) is 35.7. The summed E-state index contributed by atoms with van der Waals surface area (Å²) in [7, 11) is 0. The molecule has 2 aromatic carbocycles. The van der Waals surface area contributed by atoms with Gasteiger partial charge < -0.3 is 11.5 Å². The summed E-state index contributed by atoms with van der Waals surface area (Å²) in [6.07, 6.45) is 0. The standard InChI is InChI=1S/C26H18N6O2S4/c27-18-17-19(28)21(23(34)32-26-30-16(12-36-26)14-9-5-2-6-10-14)38-24(17)37-20(18)22(33)31-25-29-15(11-35-25)13-7-3-1-4-8-13/h1-12H,27-28H2,(H,29,31,33)(H,30,32,34). The van der Waals surface area contributed by atoms with Gasteiger partial charge in [0.1, 0.15) is 9.75 Å². The second kappa shape index (κ2) is 9.99. The first-order valence-electron chi connectivity index (χ1n) is 11.2. The van der Waals surface area contributed by atoms with Gasteiger partial charge in [-0.1, -0.05) is 60.7 Å². The van der Waals surface area contributed by atoms with Gasteiger partial charge in [-0.3, -0.25) is 20.2 Å². The van der Waals surface area contributed by atoms with Crippen LogP contribution in [0.25, 0.3) is 31.9 Å². The van der Waals surface area contributed by atoms with E-state index >= 15 is 0 Å². The number of aromatic nitrogens is 2. The molecule has 8 nitrogen and oxygen atoms in total. The molecule has 0 aliphatic carbocycles. The van der Waals surface area contributed by atoms with E-state index in [4.69, 9.17) is 11.5 Å². The molecular formula is C26H18N6O2S4. The van der Waals surface area contributed by atoms with Gasteiger partial charge in [0.15, 0.2) is 10.3 Å². The van der Waals surface area contributed by atoms with Crippen LogP contribution in [0.15, 0.2) is 71.4 Å². The fourth-order valence-corrected chi connectivity index (χ4v) is 7.62. The Labute approximate surface area is 232 Å². The lowest BCUT2D eigenvalue weighted by atomic mass is 10.2. The maximum Gasteiger partial charge on any atom is 0.269 e. The first kappa shape index (κ1) is 24.2. The number of thiophene rings is 2. The number of nitrogen functional groups attached to an aromatic ring is 2. The van der Waals surface area contributed by atoms with Crippen LogP contribution in [0.2, 0.25) is 0 Å². The molecule has 0 spiro atoms. The predicted octanol–water partition coefficient (Wildman–Crippen LogP) is 6.88. The second-order valence-corrected chi connectivity index (χ2v) is 12.1. The summed E-state index contributed by atoms with van der Waals surface area (Å²) < 4.78 is 0.698. The molecule has 6 rings (SSSR count). The van der Waals surface area contributed by atoms with Crippen LogP contribution in [0.1, 0.15) is 19.3 Å².